The number of likely N-dealkylation sites (N-methyl/N-ethyl adjacent to an activating group) is 1. The van der Waals surface area contributed by atoms with Crippen molar-refractivity contribution >= 4 is 5.91 Å². The maximum atomic E-state index is 12.7. The third-order valence-corrected chi connectivity index (χ3v) is 4.48. The standard InChI is InChI=1S/C16H22N6O2/c1-9-10(2)20-14(11(3)19-9)16(23)22(4)7-13-12(5-6-24-13)15-17-8-18-21-15/h8,12-13H,5-7H2,1-4H3,(H,17,18,21)/t12-,13-/m1/s1. The van der Waals surface area contributed by atoms with E-state index in [-0.39, 0.29) is 17.9 Å². The summed E-state index contributed by atoms with van der Waals surface area (Å²) in [5.74, 6) is 0.783. The molecule has 0 bridgehead atoms. The molecule has 128 valence electrons. The van der Waals surface area contributed by atoms with E-state index < -0.39 is 0 Å². The molecule has 3 rings (SSSR count). The summed E-state index contributed by atoms with van der Waals surface area (Å²) in [5.41, 5.74) is 2.66. The molecule has 1 aliphatic rings. The predicted molar refractivity (Wildman–Crippen MR) is 86.7 cm³/mol. The average molecular weight is 330 g/mol. The van der Waals surface area contributed by atoms with Gasteiger partial charge in [0.1, 0.15) is 17.8 Å². The highest BCUT2D eigenvalue weighted by Gasteiger charge is 2.34. The van der Waals surface area contributed by atoms with Gasteiger partial charge in [-0.05, 0) is 27.2 Å². The molecule has 0 aliphatic carbocycles. The Balaban J connectivity index is 1.73. The molecule has 3 heterocycles. The second kappa shape index (κ2) is 6.64. The topological polar surface area (TPSA) is 96.9 Å². The number of amides is 1. The number of nitrogens with one attached hydrogen (secondary N) is 1. The molecule has 1 aliphatic heterocycles. The van der Waals surface area contributed by atoms with Crippen LogP contribution in [0.15, 0.2) is 6.33 Å². The van der Waals surface area contributed by atoms with Gasteiger partial charge in [0, 0.05) is 26.1 Å². The fraction of sp³-hybridized carbons (Fsp3) is 0.562. The molecule has 2 aromatic rings. The molecular weight excluding hydrogens is 308 g/mol. The molecule has 1 saturated heterocycles. The SMILES string of the molecule is Cc1nc(C)c(C(=O)N(C)C[C@H]2OCC[C@H]2c2ncn[nH]2)nc1C. The molecular formula is C16H22N6O2. The van der Waals surface area contributed by atoms with E-state index >= 15 is 0 Å². The van der Waals surface area contributed by atoms with E-state index in [2.05, 4.69) is 25.1 Å². The second-order valence-electron chi connectivity index (χ2n) is 6.19. The molecule has 0 unspecified atom stereocenters. The van der Waals surface area contributed by atoms with Gasteiger partial charge in [-0.1, -0.05) is 0 Å². The van der Waals surface area contributed by atoms with Crippen LogP contribution in [0.4, 0.5) is 0 Å². The second-order valence-corrected chi connectivity index (χ2v) is 6.19. The highest BCUT2D eigenvalue weighted by Crippen LogP contribution is 2.29. The number of H-pyrrole nitrogens is 1. The number of hydrogen-bond donors (Lipinski definition) is 1. The van der Waals surface area contributed by atoms with Gasteiger partial charge in [-0.25, -0.2) is 9.97 Å². The van der Waals surface area contributed by atoms with Gasteiger partial charge in [0.25, 0.3) is 5.91 Å². The zero-order valence-electron chi connectivity index (χ0n) is 14.4. The van der Waals surface area contributed by atoms with Crippen molar-refractivity contribution < 1.29 is 9.53 Å². The number of aromatic nitrogens is 5. The van der Waals surface area contributed by atoms with E-state index in [1.807, 2.05) is 20.8 Å². The van der Waals surface area contributed by atoms with Gasteiger partial charge < -0.3 is 9.64 Å². The lowest BCUT2D eigenvalue weighted by Crippen LogP contribution is -2.37. The van der Waals surface area contributed by atoms with Crippen LogP contribution in [0, 0.1) is 20.8 Å². The molecule has 1 amide bonds. The van der Waals surface area contributed by atoms with Crippen molar-refractivity contribution in [3.8, 4) is 0 Å². The number of aromatic amines is 1. The number of ether oxygens (including phenoxy) is 1. The van der Waals surface area contributed by atoms with Gasteiger partial charge in [-0.2, -0.15) is 5.10 Å². The molecule has 0 aromatic carbocycles. The summed E-state index contributed by atoms with van der Waals surface area (Å²) in [6.07, 6.45) is 2.25. The number of aryl methyl sites for hydroxylation is 3. The largest absolute Gasteiger partial charge is 0.376 e. The van der Waals surface area contributed by atoms with Gasteiger partial charge in [-0.3, -0.25) is 14.9 Å². The van der Waals surface area contributed by atoms with Crippen molar-refractivity contribution in [1.82, 2.24) is 30.0 Å². The molecule has 2 atom stereocenters. The third-order valence-electron chi connectivity index (χ3n) is 4.48. The van der Waals surface area contributed by atoms with E-state index in [0.29, 0.717) is 24.5 Å². The first kappa shape index (κ1) is 16.5. The van der Waals surface area contributed by atoms with E-state index in [9.17, 15) is 4.79 Å². The van der Waals surface area contributed by atoms with Crippen molar-refractivity contribution in [2.24, 2.45) is 0 Å². The van der Waals surface area contributed by atoms with Crippen LogP contribution >= 0.6 is 0 Å². The van der Waals surface area contributed by atoms with E-state index in [4.69, 9.17) is 4.74 Å². The molecule has 0 saturated carbocycles. The summed E-state index contributed by atoms with van der Waals surface area (Å²) in [6, 6.07) is 0. The molecule has 8 heteroatoms. The Labute approximate surface area is 140 Å². The summed E-state index contributed by atoms with van der Waals surface area (Å²) in [6.45, 7) is 6.68. The highest BCUT2D eigenvalue weighted by atomic mass is 16.5. The predicted octanol–water partition coefficient (Wildman–Crippen LogP) is 1.16. The van der Waals surface area contributed by atoms with Crippen LogP contribution in [0.3, 0.4) is 0 Å². The van der Waals surface area contributed by atoms with Crippen LogP contribution in [0.1, 0.15) is 45.7 Å². The number of carbonyl (C=O) groups excluding carboxylic acids is 1. The Bertz CT molecular complexity index is 730. The molecule has 24 heavy (non-hydrogen) atoms. The zero-order chi connectivity index (χ0) is 17.3. The Morgan fingerprint density at radius 1 is 1.29 bits per heavy atom. The molecule has 8 nitrogen and oxygen atoms in total. The zero-order valence-corrected chi connectivity index (χ0v) is 14.4. The van der Waals surface area contributed by atoms with Gasteiger partial charge in [0.2, 0.25) is 0 Å². The van der Waals surface area contributed by atoms with Gasteiger partial charge >= 0.3 is 0 Å². The summed E-state index contributed by atoms with van der Waals surface area (Å²) in [5, 5.41) is 6.80. The summed E-state index contributed by atoms with van der Waals surface area (Å²) in [7, 11) is 1.76. The lowest BCUT2D eigenvalue weighted by Gasteiger charge is -2.24. The fourth-order valence-electron chi connectivity index (χ4n) is 2.99. The van der Waals surface area contributed by atoms with Crippen molar-refractivity contribution in [3.05, 3.63) is 34.9 Å². The van der Waals surface area contributed by atoms with Gasteiger partial charge in [0.05, 0.1) is 23.2 Å². The minimum absolute atomic E-state index is 0.105. The molecule has 1 fully saturated rings. The van der Waals surface area contributed by atoms with Crippen LogP contribution in [0.2, 0.25) is 0 Å². The number of carbonyl (C=O) groups is 1. The molecule has 1 N–H and O–H groups in total. The normalized spacial score (nSPS) is 20.3. The number of nitrogens with zero attached hydrogens (tertiary/aromatic N) is 5. The van der Waals surface area contributed by atoms with Crippen LogP contribution in [0.5, 0.6) is 0 Å². The van der Waals surface area contributed by atoms with E-state index in [0.717, 1.165) is 23.6 Å². The first-order chi connectivity index (χ1) is 11.5. The Kier molecular flexibility index (Phi) is 4.57. The fourth-order valence-corrected chi connectivity index (χ4v) is 2.99. The lowest BCUT2D eigenvalue weighted by molar-refractivity contribution is 0.0545. The minimum atomic E-state index is -0.144. The Hall–Kier alpha value is -2.35. The summed E-state index contributed by atoms with van der Waals surface area (Å²) >= 11 is 0. The highest BCUT2D eigenvalue weighted by molar-refractivity contribution is 5.93. The van der Waals surface area contributed by atoms with Crippen LogP contribution in [-0.2, 0) is 4.74 Å². The molecule has 0 spiro atoms. The van der Waals surface area contributed by atoms with E-state index in [1.165, 1.54) is 6.33 Å². The monoisotopic (exact) mass is 330 g/mol. The molecule has 0 radical (unpaired) electrons. The summed E-state index contributed by atoms with van der Waals surface area (Å²) < 4.78 is 5.80. The van der Waals surface area contributed by atoms with Gasteiger partial charge in [-0.15, -0.1) is 0 Å². The van der Waals surface area contributed by atoms with Crippen LogP contribution < -0.4 is 0 Å². The first-order valence-corrected chi connectivity index (χ1v) is 8.01. The Morgan fingerprint density at radius 2 is 2.04 bits per heavy atom. The maximum Gasteiger partial charge on any atom is 0.274 e. The smallest absolute Gasteiger partial charge is 0.274 e. The number of rotatable bonds is 4. The van der Waals surface area contributed by atoms with Crippen molar-refractivity contribution in [3.63, 3.8) is 0 Å². The third kappa shape index (κ3) is 3.14. The van der Waals surface area contributed by atoms with E-state index in [1.54, 1.807) is 11.9 Å². The Morgan fingerprint density at radius 3 is 2.75 bits per heavy atom. The molecule has 2 aromatic heterocycles. The lowest BCUT2D eigenvalue weighted by atomic mass is 10.0. The van der Waals surface area contributed by atoms with Crippen LogP contribution in [0.25, 0.3) is 0 Å². The first-order valence-electron chi connectivity index (χ1n) is 8.01. The van der Waals surface area contributed by atoms with Crippen molar-refractivity contribution in [2.75, 3.05) is 20.2 Å². The van der Waals surface area contributed by atoms with Gasteiger partial charge in [0.15, 0.2) is 0 Å². The number of hydrogen-bond acceptors (Lipinski definition) is 6. The quantitative estimate of drug-likeness (QED) is 0.904. The van der Waals surface area contributed by atoms with Crippen LogP contribution in [-0.4, -0.2) is 62.3 Å². The maximum absolute atomic E-state index is 12.7. The van der Waals surface area contributed by atoms with Crippen molar-refractivity contribution in [1.29, 1.82) is 0 Å². The average Bonchev–Trinajstić information content (AvgIpc) is 3.21. The summed E-state index contributed by atoms with van der Waals surface area (Å²) in [4.78, 5) is 27.4. The minimum Gasteiger partial charge on any atom is -0.376 e. The van der Waals surface area contributed by atoms with Crippen molar-refractivity contribution in [2.45, 2.75) is 39.2 Å².